The van der Waals surface area contributed by atoms with E-state index in [9.17, 15) is 9.59 Å². The number of benzene rings is 2. The summed E-state index contributed by atoms with van der Waals surface area (Å²) in [5, 5.41) is 8.99. The summed E-state index contributed by atoms with van der Waals surface area (Å²) < 4.78 is 10.7. The van der Waals surface area contributed by atoms with Gasteiger partial charge in [0.05, 0.1) is 26.4 Å². The number of hydrazone groups is 1. The van der Waals surface area contributed by atoms with E-state index in [1.165, 1.54) is 5.01 Å². The average molecular weight is 495 g/mol. The Morgan fingerprint density at radius 1 is 0.971 bits per heavy atom. The maximum atomic E-state index is 12.9. The number of anilines is 1. The number of amides is 2. The minimum atomic E-state index is -0.212. The number of carbonyl (C=O) groups excluding carboxylic acids is 2. The molecule has 1 aromatic heterocycles. The largest absolute Gasteiger partial charge is 0.493 e. The maximum absolute atomic E-state index is 12.9. The van der Waals surface area contributed by atoms with E-state index in [0.29, 0.717) is 29.3 Å². The zero-order chi connectivity index (χ0) is 23.9. The van der Waals surface area contributed by atoms with Gasteiger partial charge in [-0.15, -0.1) is 12.4 Å². The van der Waals surface area contributed by atoms with Crippen molar-refractivity contribution in [3.8, 4) is 11.5 Å². The summed E-state index contributed by atoms with van der Waals surface area (Å²) in [5.41, 5.74) is 3.78. The van der Waals surface area contributed by atoms with Crippen LogP contribution in [0.1, 0.15) is 34.3 Å². The molecule has 0 radical (unpaired) electrons. The highest BCUT2D eigenvalue weighted by Gasteiger charge is 2.20. The van der Waals surface area contributed by atoms with Gasteiger partial charge in [0, 0.05) is 35.8 Å². The molecule has 0 aliphatic carbocycles. The second-order valence-corrected chi connectivity index (χ2v) is 7.80. The van der Waals surface area contributed by atoms with Crippen molar-refractivity contribution in [2.24, 2.45) is 5.10 Å². The van der Waals surface area contributed by atoms with E-state index in [0.717, 1.165) is 29.7 Å². The normalized spacial score (nSPS) is 12.7. The number of hydrogen-bond donors (Lipinski definition) is 1. The molecule has 1 aliphatic heterocycles. The minimum Gasteiger partial charge on any atom is -0.493 e. The third-order valence-electron chi connectivity index (χ3n) is 5.54. The fourth-order valence-corrected chi connectivity index (χ4v) is 3.72. The van der Waals surface area contributed by atoms with Crippen molar-refractivity contribution in [2.75, 3.05) is 26.1 Å². The number of ether oxygens (including phenoxy) is 2. The lowest BCUT2D eigenvalue weighted by Gasteiger charge is -2.24. The molecule has 0 unspecified atom stereocenters. The molecule has 0 spiro atoms. The summed E-state index contributed by atoms with van der Waals surface area (Å²) in [6.45, 7) is 0.579. The van der Waals surface area contributed by atoms with Crippen molar-refractivity contribution in [1.29, 1.82) is 0 Å². The lowest BCUT2D eigenvalue weighted by atomic mass is 10.0. The molecule has 0 saturated carbocycles. The van der Waals surface area contributed by atoms with Gasteiger partial charge in [0.2, 0.25) is 5.91 Å². The minimum absolute atomic E-state index is 0. The number of rotatable bonds is 7. The average Bonchev–Trinajstić information content (AvgIpc) is 2.90. The fourth-order valence-electron chi connectivity index (χ4n) is 3.72. The molecule has 1 N–H and O–H groups in total. The van der Waals surface area contributed by atoms with E-state index in [4.69, 9.17) is 9.47 Å². The Kier molecular flexibility index (Phi) is 8.80. The van der Waals surface area contributed by atoms with Crippen molar-refractivity contribution in [3.63, 3.8) is 0 Å². The molecule has 2 aromatic carbocycles. The lowest BCUT2D eigenvalue weighted by Crippen LogP contribution is -2.33. The molecule has 2 amide bonds. The Bertz CT molecular complexity index is 1200. The first-order valence-electron chi connectivity index (χ1n) is 11.0. The summed E-state index contributed by atoms with van der Waals surface area (Å²) in [6.07, 6.45) is 4.98. The van der Waals surface area contributed by atoms with E-state index in [2.05, 4.69) is 15.4 Å². The first-order chi connectivity index (χ1) is 16.6. The number of halogens is 1. The number of aromatic nitrogens is 1. The predicted octanol–water partition coefficient (Wildman–Crippen LogP) is 4.34. The van der Waals surface area contributed by atoms with Gasteiger partial charge >= 0.3 is 0 Å². The van der Waals surface area contributed by atoms with Crippen LogP contribution in [0.2, 0.25) is 0 Å². The number of nitrogens with one attached hydrogen (secondary N) is 1. The predicted molar refractivity (Wildman–Crippen MR) is 137 cm³/mol. The standard InChI is InChI=1S/C26H26N4O4.ClH/c1-33-23-10-7-20(17-24(23)34-2)22-4-3-15-30(29-22)25(31)16-18-5-8-21(9-6-18)28-26(32)19-11-13-27-14-12-19;/h5-14,17H,3-4,15-16H2,1-2H3,(H,28,32);1H. The smallest absolute Gasteiger partial charge is 0.255 e. The number of nitrogens with zero attached hydrogens (tertiary/aromatic N) is 3. The van der Waals surface area contributed by atoms with Crippen LogP contribution in [0.3, 0.4) is 0 Å². The molecule has 1 aliphatic rings. The number of carbonyl (C=O) groups is 2. The van der Waals surface area contributed by atoms with Gasteiger partial charge in [-0.25, -0.2) is 5.01 Å². The van der Waals surface area contributed by atoms with Crippen LogP contribution >= 0.6 is 12.4 Å². The molecule has 3 aromatic rings. The van der Waals surface area contributed by atoms with Crippen LogP contribution in [-0.2, 0) is 11.2 Å². The van der Waals surface area contributed by atoms with Crippen LogP contribution in [-0.4, -0.2) is 48.3 Å². The molecular weight excluding hydrogens is 468 g/mol. The molecule has 35 heavy (non-hydrogen) atoms. The van der Waals surface area contributed by atoms with Gasteiger partial charge < -0.3 is 14.8 Å². The van der Waals surface area contributed by atoms with Gasteiger partial charge in [-0.2, -0.15) is 5.10 Å². The Morgan fingerprint density at radius 3 is 2.37 bits per heavy atom. The molecule has 0 fully saturated rings. The van der Waals surface area contributed by atoms with Crippen molar-refractivity contribution >= 4 is 35.6 Å². The van der Waals surface area contributed by atoms with Gasteiger partial charge in [-0.3, -0.25) is 14.6 Å². The molecule has 8 nitrogen and oxygen atoms in total. The maximum Gasteiger partial charge on any atom is 0.255 e. The highest BCUT2D eigenvalue weighted by Crippen LogP contribution is 2.29. The monoisotopic (exact) mass is 494 g/mol. The SMILES string of the molecule is COc1ccc(C2=NN(C(=O)Cc3ccc(NC(=O)c4ccncc4)cc3)CCC2)cc1OC.Cl. The van der Waals surface area contributed by atoms with Gasteiger partial charge in [-0.05, 0) is 60.9 Å². The van der Waals surface area contributed by atoms with E-state index >= 15 is 0 Å². The van der Waals surface area contributed by atoms with Crippen LogP contribution < -0.4 is 14.8 Å². The molecular formula is C26H27ClN4O4. The quantitative estimate of drug-likeness (QED) is 0.527. The van der Waals surface area contributed by atoms with Gasteiger partial charge in [0.15, 0.2) is 11.5 Å². The third kappa shape index (κ3) is 6.36. The van der Waals surface area contributed by atoms with Gasteiger partial charge in [0.1, 0.15) is 0 Å². The summed E-state index contributed by atoms with van der Waals surface area (Å²) >= 11 is 0. The first kappa shape index (κ1) is 25.7. The highest BCUT2D eigenvalue weighted by atomic mass is 35.5. The Labute approximate surface area is 210 Å². The summed E-state index contributed by atoms with van der Waals surface area (Å²) in [7, 11) is 3.19. The van der Waals surface area contributed by atoms with Gasteiger partial charge in [-0.1, -0.05) is 12.1 Å². The second-order valence-electron chi connectivity index (χ2n) is 7.80. The van der Waals surface area contributed by atoms with Crippen LogP contribution in [0, 0.1) is 0 Å². The Balaban J connectivity index is 0.00000342. The number of methoxy groups -OCH3 is 2. The van der Waals surface area contributed by atoms with Crippen molar-refractivity contribution in [1.82, 2.24) is 9.99 Å². The third-order valence-corrected chi connectivity index (χ3v) is 5.54. The molecule has 4 rings (SSSR count). The topological polar surface area (TPSA) is 93.1 Å². The van der Waals surface area contributed by atoms with Crippen LogP contribution in [0.4, 0.5) is 5.69 Å². The van der Waals surface area contributed by atoms with Crippen LogP contribution in [0.15, 0.2) is 72.1 Å². The highest BCUT2D eigenvalue weighted by molar-refractivity contribution is 6.04. The van der Waals surface area contributed by atoms with E-state index in [1.54, 1.807) is 50.9 Å². The van der Waals surface area contributed by atoms with Crippen molar-refractivity contribution in [3.05, 3.63) is 83.7 Å². The molecule has 0 atom stereocenters. The van der Waals surface area contributed by atoms with Crippen molar-refractivity contribution in [2.45, 2.75) is 19.3 Å². The molecule has 0 saturated heterocycles. The zero-order valence-corrected chi connectivity index (χ0v) is 20.4. The number of hydrogen-bond acceptors (Lipinski definition) is 6. The summed E-state index contributed by atoms with van der Waals surface area (Å²) in [5.74, 6) is 0.987. The summed E-state index contributed by atoms with van der Waals surface area (Å²) in [6, 6.07) is 16.2. The first-order valence-corrected chi connectivity index (χ1v) is 11.0. The Morgan fingerprint density at radius 2 is 1.69 bits per heavy atom. The number of pyridine rings is 1. The second kappa shape index (κ2) is 12.0. The molecule has 9 heteroatoms. The van der Waals surface area contributed by atoms with E-state index in [1.807, 2.05) is 30.3 Å². The Hall–Kier alpha value is -3.91. The molecule has 2 heterocycles. The summed E-state index contributed by atoms with van der Waals surface area (Å²) in [4.78, 5) is 29.1. The van der Waals surface area contributed by atoms with Crippen LogP contribution in [0.25, 0.3) is 0 Å². The molecule has 182 valence electrons. The van der Waals surface area contributed by atoms with Crippen LogP contribution in [0.5, 0.6) is 11.5 Å². The fraction of sp³-hybridized carbons (Fsp3) is 0.231. The van der Waals surface area contributed by atoms with Gasteiger partial charge in [0.25, 0.3) is 5.91 Å². The zero-order valence-electron chi connectivity index (χ0n) is 19.6. The van der Waals surface area contributed by atoms with E-state index < -0.39 is 0 Å². The lowest BCUT2D eigenvalue weighted by molar-refractivity contribution is -0.130. The van der Waals surface area contributed by atoms with E-state index in [-0.39, 0.29) is 30.6 Å². The molecule has 0 bridgehead atoms. The van der Waals surface area contributed by atoms with Crippen molar-refractivity contribution < 1.29 is 19.1 Å².